The molecule has 0 N–H and O–H groups in total. The topological polar surface area (TPSA) is 122 Å². The van der Waals surface area contributed by atoms with Gasteiger partial charge in [0.25, 0.3) is 11.4 Å². The monoisotopic (exact) mass is 512 g/mol. The SMILES string of the molecule is CC(OC(=O)OC(C)(c1ccccc1)c1ccc([N+](=O)[O-])cc1)(c1ccccc1)c1ccc([N+](=O)[O-])cc1. The van der Waals surface area contributed by atoms with Crippen LogP contribution >= 0.6 is 0 Å². The van der Waals surface area contributed by atoms with Crippen molar-refractivity contribution in [2.75, 3.05) is 0 Å². The van der Waals surface area contributed by atoms with E-state index < -0.39 is 27.2 Å². The lowest BCUT2D eigenvalue weighted by atomic mass is 9.87. The first-order chi connectivity index (χ1) is 18.1. The predicted molar refractivity (Wildman–Crippen MR) is 140 cm³/mol. The number of nitrogens with zero attached hydrogens (tertiary/aromatic N) is 2. The third kappa shape index (κ3) is 5.22. The van der Waals surface area contributed by atoms with Crippen molar-refractivity contribution >= 4 is 17.5 Å². The smallest absolute Gasteiger partial charge is 0.418 e. The number of hydrogen-bond donors (Lipinski definition) is 0. The highest BCUT2D eigenvalue weighted by molar-refractivity contribution is 5.64. The van der Waals surface area contributed by atoms with Crippen LogP contribution < -0.4 is 0 Å². The fraction of sp³-hybridized carbons (Fsp3) is 0.138. The maximum Gasteiger partial charge on any atom is 0.510 e. The van der Waals surface area contributed by atoms with Gasteiger partial charge in [0.15, 0.2) is 11.2 Å². The molecule has 0 aliphatic heterocycles. The van der Waals surface area contributed by atoms with Gasteiger partial charge in [-0.1, -0.05) is 60.7 Å². The number of carbonyl (C=O) groups excluding carboxylic acids is 1. The van der Waals surface area contributed by atoms with E-state index >= 15 is 0 Å². The highest BCUT2D eigenvalue weighted by Crippen LogP contribution is 2.38. The lowest BCUT2D eigenvalue weighted by molar-refractivity contribution is -0.385. The summed E-state index contributed by atoms with van der Waals surface area (Å²) in [6.45, 7) is 3.35. The van der Waals surface area contributed by atoms with Gasteiger partial charge in [-0.15, -0.1) is 0 Å². The normalized spacial score (nSPS) is 13.9. The number of benzene rings is 4. The molecule has 0 aliphatic rings. The van der Waals surface area contributed by atoms with Gasteiger partial charge in [-0.25, -0.2) is 4.79 Å². The van der Waals surface area contributed by atoms with Crippen molar-refractivity contribution in [1.29, 1.82) is 0 Å². The highest BCUT2D eigenvalue weighted by Gasteiger charge is 2.39. The molecular formula is C29H24N2O7. The summed E-state index contributed by atoms with van der Waals surface area (Å²) in [7, 11) is 0. The van der Waals surface area contributed by atoms with Gasteiger partial charge in [-0.05, 0) is 49.2 Å². The van der Waals surface area contributed by atoms with Crippen LogP contribution in [0.4, 0.5) is 16.2 Å². The lowest BCUT2D eigenvalue weighted by Crippen LogP contribution is -2.36. The van der Waals surface area contributed by atoms with Crippen molar-refractivity contribution in [1.82, 2.24) is 0 Å². The predicted octanol–water partition coefficient (Wildman–Crippen LogP) is 6.88. The Balaban J connectivity index is 1.72. The minimum absolute atomic E-state index is 0.0958. The van der Waals surface area contributed by atoms with Crippen LogP contribution in [-0.2, 0) is 20.7 Å². The van der Waals surface area contributed by atoms with Crippen molar-refractivity contribution in [2.24, 2.45) is 0 Å². The van der Waals surface area contributed by atoms with Gasteiger partial charge in [0, 0.05) is 35.4 Å². The standard InChI is InChI=1S/C29H24N2O7/c1-28(21-9-5-3-6-10-21,23-13-17-25(18-14-23)30(33)34)37-27(32)38-29(2,22-11-7-4-8-12-22)24-15-19-26(20-16-24)31(35)36/h3-20H,1-2H3. The van der Waals surface area contributed by atoms with Crippen molar-refractivity contribution < 1.29 is 24.1 Å². The molecule has 192 valence electrons. The largest absolute Gasteiger partial charge is 0.510 e. The number of non-ortho nitro benzene ring substituents is 2. The van der Waals surface area contributed by atoms with Gasteiger partial charge in [0.05, 0.1) is 9.85 Å². The Morgan fingerprint density at radius 3 is 1.13 bits per heavy atom. The molecule has 38 heavy (non-hydrogen) atoms. The number of ether oxygens (including phenoxy) is 2. The Bertz CT molecular complexity index is 1330. The number of hydrogen-bond acceptors (Lipinski definition) is 7. The molecule has 4 rings (SSSR count). The first-order valence-electron chi connectivity index (χ1n) is 11.7. The van der Waals surface area contributed by atoms with Crippen LogP contribution in [0.3, 0.4) is 0 Å². The van der Waals surface area contributed by atoms with Gasteiger partial charge < -0.3 is 9.47 Å². The van der Waals surface area contributed by atoms with E-state index in [-0.39, 0.29) is 11.4 Å². The van der Waals surface area contributed by atoms with E-state index in [9.17, 15) is 25.0 Å². The van der Waals surface area contributed by atoms with E-state index in [0.717, 1.165) is 0 Å². The summed E-state index contributed by atoms with van der Waals surface area (Å²) in [5, 5.41) is 22.3. The maximum absolute atomic E-state index is 13.5. The Morgan fingerprint density at radius 2 is 0.842 bits per heavy atom. The molecule has 2 unspecified atom stereocenters. The molecule has 0 aliphatic carbocycles. The van der Waals surface area contributed by atoms with Crippen molar-refractivity contribution in [2.45, 2.75) is 25.0 Å². The van der Waals surface area contributed by atoms with Crippen LogP contribution in [0.1, 0.15) is 36.1 Å². The molecule has 4 aromatic rings. The summed E-state index contributed by atoms with van der Waals surface area (Å²) in [5.74, 6) is 0. The molecule has 0 heterocycles. The molecule has 0 spiro atoms. The highest BCUT2D eigenvalue weighted by atomic mass is 16.7. The molecule has 0 saturated heterocycles. The maximum atomic E-state index is 13.5. The van der Waals surface area contributed by atoms with Crippen LogP contribution in [0, 0.1) is 20.2 Å². The Labute approximate surface area is 218 Å². The van der Waals surface area contributed by atoms with E-state index in [2.05, 4.69) is 0 Å². The second-order valence-corrected chi connectivity index (χ2v) is 8.86. The van der Waals surface area contributed by atoms with Crippen LogP contribution in [0.15, 0.2) is 109 Å². The summed E-state index contributed by atoms with van der Waals surface area (Å²) in [6, 6.07) is 29.4. The number of carbonyl (C=O) groups is 1. The van der Waals surface area contributed by atoms with E-state index in [1.54, 1.807) is 62.4 Å². The third-order valence-electron chi connectivity index (χ3n) is 6.48. The fourth-order valence-electron chi connectivity index (χ4n) is 4.24. The van der Waals surface area contributed by atoms with E-state index in [0.29, 0.717) is 22.3 Å². The molecule has 0 radical (unpaired) electrons. The second kappa shape index (κ2) is 10.5. The Morgan fingerprint density at radius 1 is 0.553 bits per heavy atom. The van der Waals surface area contributed by atoms with Crippen molar-refractivity contribution in [3.8, 4) is 0 Å². The van der Waals surface area contributed by atoms with Gasteiger partial charge in [0.2, 0.25) is 0 Å². The minimum Gasteiger partial charge on any atom is -0.418 e. The zero-order valence-electron chi connectivity index (χ0n) is 20.6. The van der Waals surface area contributed by atoms with Gasteiger partial charge in [-0.2, -0.15) is 0 Å². The quantitative estimate of drug-likeness (QED) is 0.143. The summed E-state index contributed by atoms with van der Waals surface area (Å²) in [5.41, 5.74) is -0.625. The Hall–Kier alpha value is -5.05. The summed E-state index contributed by atoms with van der Waals surface area (Å²) in [6.07, 6.45) is -1.00. The van der Waals surface area contributed by atoms with Gasteiger partial charge in [0.1, 0.15) is 0 Å². The Kier molecular flexibility index (Phi) is 7.20. The average Bonchev–Trinajstić information content (AvgIpc) is 2.94. The van der Waals surface area contributed by atoms with E-state index in [1.165, 1.54) is 48.5 Å². The molecule has 0 bridgehead atoms. The fourth-order valence-corrected chi connectivity index (χ4v) is 4.24. The summed E-state index contributed by atoms with van der Waals surface area (Å²) in [4.78, 5) is 34.8. The molecule has 0 saturated carbocycles. The van der Waals surface area contributed by atoms with E-state index in [4.69, 9.17) is 9.47 Å². The molecule has 0 aromatic heterocycles. The molecule has 2 atom stereocenters. The molecule has 9 nitrogen and oxygen atoms in total. The van der Waals surface area contributed by atoms with Crippen molar-refractivity contribution in [3.05, 3.63) is 152 Å². The average molecular weight is 513 g/mol. The number of nitro benzene ring substituents is 2. The van der Waals surface area contributed by atoms with Crippen LogP contribution in [0.2, 0.25) is 0 Å². The van der Waals surface area contributed by atoms with Crippen LogP contribution in [0.25, 0.3) is 0 Å². The molecule has 4 aromatic carbocycles. The molecule has 9 heteroatoms. The molecular weight excluding hydrogens is 488 g/mol. The number of rotatable bonds is 8. The molecule has 0 fully saturated rings. The lowest BCUT2D eigenvalue weighted by Gasteiger charge is -2.34. The summed E-state index contributed by atoms with van der Waals surface area (Å²) < 4.78 is 11.9. The second-order valence-electron chi connectivity index (χ2n) is 8.86. The zero-order valence-corrected chi connectivity index (χ0v) is 20.6. The van der Waals surface area contributed by atoms with E-state index in [1.807, 2.05) is 12.1 Å². The number of nitro groups is 2. The van der Waals surface area contributed by atoms with Gasteiger partial charge in [-0.3, -0.25) is 20.2 Å². The van der Waals surface area contributed by atoms with Gasteiger partial charge >= 0.3 is 6.16 Å². The first kappa shape index (κ1) is 26.0. The minimum atomic E-state index is -1.35. The molecule has 0 amide bonds. The van der Waals surface area contributed by atoms with Crippen LogP contribution in [0.5, 0.6) is 0 Å². The zero-order chi connectivity index (χ0) is 27.3. The first-order valence-corrected chi connectivity index (χ1v) is 11.7. The van der Waals surface area contributed by atoms with Crippen molar-refractivity contribution in [3.63, 3.8) is 0 Å². The summed E-state index contributed by atoms with van der Waals surface area (Å²) >= 11 is 0. The third-order valence-corrected chi connectivity index (χ3v) is 6.48. The van der Waals surface area contributed by atoms with Crippen LogP contribution in [-0.4, -0.2) is 16.0 Å².